The van der Waals surface area contributed by atoms with Crippen LogP contribution >= 0.6 is 34.8 Å². The van der Waals surface area contributed by atoms with Gasteiger partial charge in [-0.25, -0.2) is 5.43 Å². The number of carbonyl (C=O) groups is 1. The van der Waals surface area contributed by atoms with Crippen LogP contribution in [0.4, 0.5) is 0 Å². The Morgan fingerprint density at radius 1 is 1.13 bits per heavy atom. The predicted octanol–water partition coefficient (Wildman–Crippen LogP) is 4.56. The molecule has 0 heterocycles. The van der Waals surface area contributed by atoms with E-state index in [1.54, 1.807) is 49.4 Å². The van der Waals surface area contributed by atoms with E-state index < -0.39 is 6.10 Å². The zero-order chi connectivity index (χ0) is 16.8. The first kappa shape index (κ1) is 17.6. The number of halogens is 3. The van der Waals surface area contributed by atoms with Gasteiger partial charge in [0.15, 0.2) is 6.10 Å². The Balaban J connectivity index is 1.90. The first-order valence-electron chi connectivity index (χ1n) is 6.66. The molecule has 0 saturated heterocycles. The molecule has 1 amide bonds. The molecule has 120 valence electrons. The monoisotopic (exact) mass is 370 g/mol. The van der Waals surface area contributed by atoms with Crippen LogP contribution in [0.1, 0.15) is 12.5 Å². The van der Waals surface area contributed by atoms with Crippen molar-refractivity contribution in [3.05, 3.63) is 63.1 Å². The van der Waals surface area contributed by atoms with E-state index in [0.717, 1.165) is 0 Å². The van der Waals surface area contributed by atoms with Crippen LogP contribution in [-0.2, 0) is 4.79 Å². The van der Waals surface area contributed by atoms with E-state index in [-0.39, 0.29) is 5.91 Å². The summed E-state index contributed by atoms with van der Waals surface area (Å²) in [6, 6.07) is 11.7. The lowest BCUT2D eigenvalue weighted by Crippen LogP contribution is -2.33. The van der Waals surface area contributed by atoms with Gasteiger partial charge < -0.3 is 4.74 Å². The molecule has 2 aromatic rings. The summed E-state index contributed by atoms with van der Waals surface area (Å²) in [4.78, 5) is 11.9. The van der Waals surface area contributed by atoms with E-state index >= 15 is 0 Å². The van der Waals surface area contributed by atoms with Gasteiger partial charge in [0.05, 0.1) is 11.2 Å². The molecule has 0 saturated carbocycles. The number of benzene rings is 2. The molecular weight excluding hydrogens is 359 g/mol. The van der Waals surface area contributed by atoms with Crippen molar-refractivity contribution in [1.82, 2.24) is 5.43 Å². The summed E-state index contributed by atoms with van der Waals surface area (Å²) in [5, 5.41) is 5.43. The summed E-state index contributed by atoms with van der Waals surface area (Å²) >= 11 is 17.6. The lowest BCUT2D eigenvalue weighted by atomic mass is 10.2. The molecule has 0 aliphatic carbocycles. The van der Waals surface area contributed by atoms with Gasteiger partial charge in [-0.3, -0.25) is 4.79 Å². The highest BCUT2D eigenvalue weighted by atomic mass is 35.5. The summed E-state index contributed by atoms with van der Waals surface area (Å²) in [5.41, 5.74) is 3.03. The SMILES string of the molecule is C[C@H](Oc1ccc(Cl)cc1)C(=O)NN=Cc1ccc(Cl)cc1Cl. The molecule has 0 fully saturated rings. The number of nitrogens with one attached hydrogen (secondary N) is 1. The molecule has 0 aromatic heterocycles. The molecule has 0 radical (unpaired) electrons. The lowest BCUT2D eigenvalue weighted by molar-refractivity contribution is -0.127. The molecule has 0 unspecified atom stereocenters. The van der Waals surface area contributed by atoms with Crippen LogP contribution in [0, 0.1) is 0 Å². The number of nitrogens with zero attached hydrogens (tertiary/aromatic N) is 1. The maximum atomic E-state index is 11.9. The van der Waals surface area contributed by atoms with E-state index in [2.05, 4.69) is 10.5 Å². The van der Waals surface area contributed by atoms with E-state index in [9.17, 15) is 4.79 Å². The van der Waals surface area contributed by atoms with Gasteiger partial charge in [0.25, 0.3) is 5.91 Å². The van der Waals surface area contributed by atoms with Gasteiger partial charge >= 0.3 is 0 Å². The van der Waals surface area contributed by atoms with Crippen LogP contribution < -0.4 is 10.2 Å². The molecule has 0 aliphatic heterocycles. The van der Waals surface area contributed by atoms with Crippen molar-refractivity contribution in [2.45, 2.75) is 13.0 Å². The second-order valence-electron chi connectivity index (χ2n) is 4.61. The highest BCUT2D eigenvalue weighted by Gasteiger charge is 2.13. The summed E-state index contributed by atoms with van der Waals surface area (Å²) in [6.45, 7) is 1.62. The second-order valence-corrected chi connectivity index (χ2v) is 5.89. The third-order valence-electron chi connectivity index (χ3n) is 2.84. The maximum absolute atomic E-state index is 11.9. The molecule has 2 rings (SSSR count). The molecule has 0 spiro atoms. The fourth-order valence-corrected chi connectivity index (χ4v) is 2.22. The van der Waals surface area contributed by atoms with Gasteiger partial charge in [-0.2, -0.15) is 5.10 Å². The molecule has 23 heavy (non-hydrogen) atoms. The number of carbonyl (C=O) groups excluding carboxylic acids is 1. The average Bonchev–Trinajstić information content (AvgIpc) is 2.51. The van der Waals surface area contributed by atoms with Gasteiger partial charge in [-0.05, 0) is 43.3 Å². The fraction of sp³-hybridized carbons (Fsp3) is 0.125. The Bertz CT molecular complexity index is 718. The smallest absolute Gasteiger partial charge is 0.280 e. The van der Waals surface area contributed by atoms with E-state index in [1.807, 2.05) is 0 Å². The number of hydrogen-bond donors (Lipinski definition) is 1. The average molecular weight is 372 g/mol. The fourth-order valence-electron chi connectivity index (χ4n) is 1.63. The minimum absolute atomic E-state index is 0.388. The quantitative estimate of drug-likeness (QED) is 0.618. The second kappa shape index (κ2) is 8.20. The number of amides is 1. The van der Waals surface area contributed by atoms with Crippen molar-refractivity contribution in [1.29, 1.82) is 0 Å². The number of ether oxygens (including phenoxy) is 1. The molecule has 2 aromatic carbocycles. The Labute approximate surface area is 149 Å². The van der Waals surface area contributed by atoms with Crippen molar-refractivity contribution in [2.24, 2.45) is 5.10 Å². The Hall–Kier alpha value is -1.75. The molecular formula is C16H13Cl3N2O2. The van der Waals surface area contributed by atoms with Gasteiger partial charge in [0.2, 0.25) is 0 Å². The topological polar surface area (TPSA) is 50.7 Å². The number of hydrogen-bond acceptors (Lipinski definition) is 3. The van der Waals surface area contributed by atoms with Crippen molar-refractivity contribution in [3.8, 4) is 5.75 Å². The van der Waals surface area contributed by atoms with Gasteiger partial charge in [0, 0.05) is 15.6 Å². The summed E-state index contributed by atoms with van der Waals surface area (Å²) in [5.74, 6) is 0.156. The molecule has 0 bridgehead atoms. The minimum atomic E-state index is -0.714. The predicted molar refractivity (Wildman–Crippen MR) is 93.7 cm³/mol. The zero-order valence-electron chi connectivity index (χ0n) is 12.1. The lowest BCUT2D eigenvalue weighted by Gasteiger charge is -2.12. The number of hydrazone groups is 1. The largest absolute Gasteiger partial charge is 0.481 e. The molecule has 4 nitrogen and oxygen atoms in total. The normalized spacial score (nSPS) is 12.2. The Kier molecular flexibility index (Phi) is 6.28. The molecule has 7 heteroatoms. The summed E-state index contributed by atoms with van der Waals surface area (Å²) in [7, 11) is 0. The van der Waals surface area contributed by atoms with Crippen LogP contribution in [-0.4, -0.2) is 18.2 Å². The van der Waals surface area contributed by atoms with Crippen molar-refractivity contribution < 1.29 is 9.53 Å². The first-order valence-corrected chi connectivity index (χ1v) is 7.79. The van der Waals surface area contributed by atoms with Crippen LogP contribution in [0.25, 0.3) is 0 Å². The maximum Gasteiger partial charge on any atom is 0.280 e. The van der Waals surface area contributed by atoms with Crippen molar-refractivity contribution in [2.75, 3.05) is 0 Å². The van der Waals surface area contributed by atoms with E-state index in [1.165, 1.54) is 6.21 Å². The third kappa shape index (κ3) is 5.43. The Morgan fingerprint density at radius 3 is 2.43 bits per heavy atom. The van der Waals surface area contributed by atoms with E-state index in [0.29, 0.717) is 26.4 Å². The standard InChI is InChI=1S/C16H13Cl3N2O2/c1-10(23-14-6-4-12(17)5-7-14)16(22)21-20-9-11-2-3-13(18)8-15(11)19/h2-10H,1H3,(H,21,22)/t10-/m0/s1. The van der Waals surface area contributed by atoms with Crippen LogP contribution in [0.5, 0.6) is 5.75 Å². The molecule has 1 atom stereocenters. The van der Waals surface area contributed by atoms with Crippen LogP contribution in [0.2, 0.25) is 15.1 Å². The molecule has 1 N–H and O–H groups in total. The first-order chi connectivity index (χ1) is 11.0. The minimum Gasteiger partial charge on any atom is -0.481 e. The Morgan fingerprint density at radius 2 is 1.78 bits per heavy atom. The summed E-state index contributed by atoms with van der Waals surface area (Å²) < 4.78 is 5.49. The summed E-state index contributed by atoms with van der Waals surface area (Å²) in [6.07, 6.45) is 0.722. The number of rotatable bonds is 5. The highest BCUT2D eigenvalue weighted by molar-refractivity contribution is 6.36. The van der Waals surface area contributed by atoms with Gasteiger partial charge in [0.1, 0.15) is 5.75 Å². The highest BCUT2D eigenvalue weighted by Crippen LogP contribution is 2.19. The van der Waals surface area contributed by atoms with Crippen LogP contribution in [0.15, 0.2) is 47.6 Å². The van der Waals surface area contributed by atoms with Crippen molar-refractivity contribution >= 4 is 46.9 Å². The van der Waals surface area contributed by atoms with Gasteiger partial charge in [-0.15, -0.1) is 0 Å². The van der Waals surface area contributed by atoms with Gasteiger partial charge in [-0.1, -0.05) is 40.9 Å². The zero-order valence-corrected chi connectivity index (χ0v) is 14.4. The van der Waals surface area contributed by atoms with E-state index in [4.69, 9.17) is 39.5 Å². The third-order valence-corrected chi connectivity index (χ3v) is 3.65. The molecule has 0 aliphatic rings. The van der Waals surface area contributed by atoms with Crippen LogP contribution in [0.3, 0.4) is 0 Å². The van der Waals surface area contributed by atoms with Crippen molar-refractivity contribution in [3.63, 3.8) is 0 Å².